The average molecular weight is 661 g/mol. The van der Waals surface area contributed by atoms with Crippen molar-refractivity contribution >= 4 is 0 Å². The molecule has 16 heteroatoms. The van der Waals surface area contributed by atoms with E-state index >= 15 is 0 Å². The fraction of sp³-hybridized carbons (Fsp3) is 0.800. The Kier molecular flexibility index (Phi) is 16.0. The van der Waals surface area contributed by atoms with Crippen molar-refractivity contribution in [1.82, 2.24) is 0 Å². The molecule has 15 atom stereocenters. The van der Waals surface area contributed by atoms with E-state index < -0.39 is 112 Å². The Bertz CT molecular complexity index is 1100. The molecule has 3 rings (SSSR count). The summed E-state index contributed by atoms with van der Waals surface area (Å²) in [5, 5.41) is 102. The van der Waals surface area contributed by atoms with Crippen molar-refractivity contribution in [2.45, 2.75) is 125 Å². The predicted molar refractivity (Wildman–Crippen MR) is 152 cm³/mol. The number of unbranched alkanes of at least 4 members (excludes halogenated alkanes) is 2. The maximum atomic E-state index is 10.8. The van der Waals surface area contributed by atoms with Gasteiger partial charge in [0.15, 0.2) is 18.9 Å². The summed E-state index contributed by atoms with van der Waals surface area (Å²) in [5.41, 5.74) is 0. The molecule has 16 nitrogen and oxygen atoms in total. The molecule has 0 saturated carbocycles. The lowest BCUT2D eigenvalue weighted by molar-refractivity contribution is -0.372. The lowest BCUT2D eigenvalue weighted by atomic mass is 9.97. The second kappa shape index (κ2) is 19.1. The first-order chi connectivity index (χ1) is 22.0. The summed E-state index contributed by atoms with van der Waals surface area (Å²) in [6.45, 7) is 0.0686. The summed E-state index contributed by atoms with van der Waals surface area (Å²) in [6.07, 6.45) is -21.7. The van der Waals surface area contributed by atoms with Gasteiger partial charge in [-0.05, 0) is 36.5 Å². The van der Waals surface area contributed by atoms with E-state index in [9.17, 15) is 51.1 Å². The molecular formula is C30H44O16. The number of rotatable bonds is 12. The molecule has 46 heavy (non-hydrogen) atoms. The van der Waals surface area contributed by atoms with Gasteiger partial charge in [-0.3, -0.25) is 0 Å². The molecule has 0 unspecified atom stereocenters. The van der Waals surface area contributed by atoms with E-state index in [4.69, 9.17) is 28.4 Å². The molecule has 0 amide bonds. The molecule has 3 aliphatic rings. The number of ether oxygens (including phenoxy) is 6. The van der Waals surface area contributed by atoms with Crippen LogP contribution < -0.4 is 0 Å². The van der Waals surface area contributed by atoms with Crippen molar-refractivity contribution in [3.63, 3.8) is 0 Å². The molecule has 3 aliphatic heterocycles. The van der Waals surface area contributed by atoms with Crippen LogP contribution in [0.1, 0.15) is 32.6 Å². The van der Waals surface area contributed by atoms with Gasteiger partial charge in [-0.2, -0.15) is 0 Å². The van der Waals surface area contributed by atoms with Gasteiger partial charge in [0.2, 0.25) is 0 Å². The lowest BCUT2D eigenvalue weighted by Gasteiger charge is -2.46. The first-order valence-corrected chi connectivity index (χ1v) is 15.0. The number of hydrogen-bond donors (Lipinski definition) is 10. The van der Waals surface area contributed by atoms with Gasteiger partial charge in [0.25, 0.3) is 0 Å². The Labute approximate surface area is 266 Å². The third-order valence-corrected chi connectivity index (χ3v) is 7.53. The molecule has 0 radical (unpaired) electrons. The third kappa shape index (κ3) is 10.0. The van der Waals surface area contributed by atoms with Crippen molar-refractivity contribution in [3.05, 3.63) is 0 Å². The normalized spacial score (nSPS) is 40.9. The van der Waals surface area contributed by atoms with Crippen molar-refractivity contribution in [3.8, 4) is 35.5 Å². The van der Waals surface area contributed by atoms with Crippen molar-refractivity contribution in [2.75, 3.05) is 26.4 Å². The van der Waals surface area contributed by atoms with Crippen LogP contribution >= 0.6 is 0 Å². The van der Waals surface area contributed by atoms with Crippen LogP contribution in [0, 0.1) is 35.5 Å². The molecule has 3 heterocycles. The number of aliphatic hydroxyl groups excluding tert-OH is 10. The van der Waals surface area contributed by atoms with E-state index in [1.807, 2.05) is 6.92 Å². The second-order valence-electron chi connectivity index (χ2n) is 10.9. The average Bonchev–Trinajstić information content (AvgIpc) is 3.05. The smallest absolute Gasteiger partial charge is 0.187 e. The summed E-state index contributed by atoms with van der Waals surface area (Å²) < 4.78 is 33.3. The molecule has 0 aliphatic carbocycles. The lowest BCUT2D eigenvalue weighted by Crippen LogP contribution is -2.65. The van der Waals surface area contributed by atoms with E-state index in [0.29, 0.717) is 12.8 Å². The maximum absolute atomic E-state index is 10.8. The zero-order valence-corrected chi connectivity index (χ0v) is 25.2. The van der Waals surface area contributed by atoms with Gasteiger partial charge >= 0.3 is 0 Å². The molecule has 0 aromatic heterocycles. The monoisotopic (exact) mass is 660 g/mol. The molecule has 0 spiro atoms. The van der Waals surface area contributed by atoms with Gasteiger partial charge in [-0.1, -0.05) is 18.8 Å². The minimum Gasteiger partial charge on any atom is -0.394 e. The third-order valence-electron chi connectivity index (χ3n) is 7.53. The van der Waals surface area contributed by atoms with Crippen molar-refractivity contribution in [2.24, 2.45) is 0 Å². The fourth-order valence-electron chi connectivity index (χ4n) is 4.81. The van der Waals surface area contributed by atoms with Gasteiger partial charge in [-0.15, -0.1) is 0 Å². The summed E-state index contributed by atoms with van der Waals surface area (Å²) >= 11 is 0. The highest BCUT2D eigenvalue weighted by molar-refractivity contribution is 5.35. The van der Waals surface area contributed by atoms with E-state index in [0.717, 1.165) is 12.8 Å². The molecule has 3 saturated heterocycles. The predicted octanol–water partition coefficient (Wildman–Crippen LogP) is -4.96. The second-order valence-corrected chi connectivity index (χ2v) is 10.9. The van der Waals surface area contributed by atoms with Gasteiger partial charge < -0.3 is 79.5 Å². The van der Waals surface area contributed by atoms with Crippen LogP contribution in [0.15, 0.2) is 0 Å². The van der Waals surface area contributed by atoms with Crippen LogP contribution in [0.2, 0.25) is 0 Å². The Morgan fingerprint density at radius 2 is 1.07 bits per heavy atom. The van der Waals surface area contributed by atoms with Gasteiger partial charge in [-0.25, -0.2) is 0 Å². The molecule has 0 bridgehead atoms. The summed E-state index contributed by atoms with van der Waals surface area (Å²) in [5.74, 6) is 16.3. The van der Waals surface area contributed by atoms with Crippen LogP contribution in [-0.4, -0.2) is 170 Å². The first kappa shape index (κ1) is 38.5. The van der Waals surface area contributed by atoms with E-state index in [2.05, 4.69) is 35.5 Å². The summed E-state index contributed by atoms with van der Waals surface area (Å²) in [7, 11) is 0. The number of aliphatic hydroxyl groups is 10. The fourth-order valence-corrected chi connectivity index (χ4v) is 4.81. The molecular weight excluding hydrogens is 616 g/mol. The summed E-state index contributed by atoms with van der Waals surface area (Å²) in [4.78, 5) is 0. The highest BCUT2D eigenvalue weighted by atomic mass is 16.8. The quantitative estimate of drug-likeness (QED) is 0.0695. The first-order valence-electron chi connectivity index (χ1n) is 15.0. The Hall–Kier alpha value is -1.96. The highest BCUT2D eigenvalue weighted by Gasteiger charge is 2.51. The molecule has 260 valence electrons. The molecule has 10 N–H and O–H groups in total. The van der Waals surface area contributed by atoms with Gasteiger partial charge in [0.1, 0.15) is 73.2 Å². The Morgan fingerprint density at radius 1 is 0.543 bits per heavy atom. The molecule has 0 aromatic carbocycles. The van der Waals surface area contributed by atoms with E-state index in [1.165, 1.54) is 0 Å². The minimum absolute atomic E-state index is 0.0366. The van der Waals surface area contributed by atoms with Crippen molar-refractivity contribution < 1.29 is 79.5 Å². The van der Waals surface area contributed by atoms with Crippen LogP contribution in [-0.2, 0) is 28.4 Å². The summed E-state index contributed by atoms with van der Waals surface area (Å²) in [6, 6.07) is 0. The van der Waals surface area contributed by atoms with Crippen LogP contribution in [0.5, 0.6) is 0 Å². The maximum Gasteiger partial charge on any atom is 0.187 e. The number of hydrogen-bond acceptors (Lipinski definition) is 16. The molecule has 0 aromatic rings. The van der Waals surface area contributed by atoms with Crippen molar-refractivity contribution in [1.29, 1.82) is 0 Å². The zero-order valence-electron chi connectivity index (χ0n) is 25.2. The topological polar surface area (TPSA) is 258 Å². The standard InChI is InChI=1S/C30H44O16/c1-2-3-4-5-6-7-8-9-10-11-12-41-30-27(24(38)20(34)17(14-32)44-30)46-29-26(40)23(37)21(35)18(45-29)15-42-28-25(39)22(36)19(33)16(13-31)43-28/h16-40H,2-3,10-15H2,1H3/t16-,17-,18-,19-,20-,21-,22+,23+,24+,25-,26-,27-,28-,29+,30-/m1/s1. The Morgan fingerprint density at radius 3 is 1.67 bits per heavy atom. The van der Waals surface area contributed by atoms with Crippen LogP contribution in [0.3, 0.4) is 0 Å². The van der Waals surface area contributed by atoms with E-state index in [-0.39, 0.29) is 6.61 Å². The van der Waals surface area contributed by atoms with Gasteiger partial charge in [0.05, 0.1) is 26.4 Å². The molecule has 3 fully saturated rings. The highest BCUT2D eigenvalue weighted by Crippen LogP contribution is 2.31. The SMILES string of the molecule is CCCC#CC#CC#CCCCO[C@@H]1O[C@H](CO)[C@@H](O)[C@H](O)[C@H]1O[C@@H]1O[C@H](CO[C@@H]2O[C@H](CO)[C@@H](O)[C@H](O)[C@H]2O)[C@@H](O)[C@H](O)[C@H]1O. The van der Waals surface area contributed by atoms with Crippen LogP contribution in [0.4, 0.5) is 0 Å². The minimum atomic E-state index is -1.87. The van der Waals surface area contributed by atoms with Crippen LogP contribution in [0.25, 0.3) is 0 Å². The van der Waals surface area contributed by atoms with E-state index in [1.54, 1.807) is 0 Å². The Balaban J connectivity index is 1.63. The largest absolute Gasteiger partial charge is 0.394 e. The zero-order chi connectivity index (χ0) is 33.8. The van der Waals surface area contributed by atoms with Gasteiger partial charge in [0, 0.05) is 12.8 Å².